The molecule has 0 aromatic carbocycles. The van der Waals surface area contributed by atoms with Crippen LogP contribution in [0.4, 0.5) is 4.79 Å². The van der Waals surface area contributed by atoms with Crippen LogP contribution >= 0.6 is 11.6 Å². The van der Waals surface area contributed by atoms with Crippen LogP contribution in [0.3, 0.4) is 0 Å². The molecule has 0 spiro atoms. The molecule has 0 bridgehead atoms. The Morgan fingerprint density at radius 1 is 1.53 bits per heavy atom. The molecule has 0 aromatic rings. The zero-order chi connectivity index (χ0) is 11.3. The number of nitrogens with zero attached hydrogens (tertiary/aromatic N) is 1. The van der Waals surface area contributed by atoms with E-state index in [1.54, 1.807) is 0 Å². The summed E-state index contributed by atoms with van der Waals surface area (Å²) < 4.78 is 0. The van der Waals surface area contributed by atoms with Crippen LogP contribution in [-0.2, 0) is 4.79 Å². The molecule has 86 valence electrons. The Labute approximate surface area is 93.4 Å². The van der Waals surface area contributed by atoms with E-state index < -0.39 is 11.9 Å². The fourth-order valence-electron chi connectivity index (χ4n) is 1.63. The minimum absolute atomic E-state index is 0.221. The van der Waals surface area contributed by atoms with Gasteiger partial charge in [-0.05, 0) is 12.8 Å². The molecule has 0 aliphatic carbocycles. The lowest BCUT2D eigenvalue weighted by molar-refractivity contribution is -0.143. The quantitative estimate of drug-likeness (QED) is 0.708. The van der Waals surface area contributed by atoms with Gasteiger partial charge in [0.05, 0.1) is 5.92 Å². The Hall–Kier alpha value is -0.970. The first-order chi connectivity index (χ1) is 7.15. The van der Waals surface area contributed by atoms with Crippen LogP contribution < -0.4 is 5.32 Å². The average molecular weight is 235 g/mol. The summed E-state index contributed by atoms with van der Waals surface area (Å²) in [7, 11) is 0. The third-order valence-electron chi connectivity index (χ3n) is 2.43. The largest absolute Gasteiger partial charge is 0.481 e. The summed E-state index contributed by atoms with van der Waals surface area (Å²) in [4.78, 5) is 23.8. The normalized spacial score (nSPS) is 21.1. The first-order valence-corrected chi connectivity index (χ1v) is 5.50. The van der Waals surface area contributed by atoms with Crippen LogP contribution in [-0.4, -0.2) is 47.5 Å². The van der Waals surface area contributed by atoms with E-state index in [4.69, 9.17) is 16.7 Å². The molecule has 0 radical (unpaired) electrons. The second kappa shape index (κ2) is 5.80. The maximum absolute atomic E-state index is 11.5. The van der Waals surface area contributed by atoms with E-state index in [0.29, 0.717) is 31.9 Å². The van der Waals surface area contributed by atoms with Gasteiger partial charge in [0.15, 0.2) is 0 Å². The molecular weight excluding hydrogens is 220 g/mol. The van der Waals surface area contributed by atoms with E-state index in [9.17, 15) is 9.59 Å². The summed E-state index contributed by atoms with van der Waals surface area (Å²) in [5, 5.41) is 11.5. The molecule has 1 atom stereocenters. The van der Waals surface area contributed by atoms with Crippen LogP contribution in [0, 0.1) is 5.92 Å². The molecule has 2 amide bonds. The van der Waals surface area contributed by atoms with Crippen molar-refractivity contribution < 1.29 is 14.7 Å². The molecule has 0 aromatic heterocycles. The number of piperidine rings is 1. The highest BCUT2D eigenvalue weighted by Crippen LogP contribution is 2.16. The number of urea groups is 1. The highest BCUT2D eigenvalue weighted by Gasteiger charge is 2.27. The van der Waals surface area contributed by atoms with Gasteiger partial charge < -0.3 is 15.3 Å². The summed E-state index contributed by atoms with van der Waals surface area (Å²) in [5.41, 5.74) is 0. The second-order valence-electron chi connectivity index (χ2n) is 3.54. The monoisotopic (exact) mass is 234 g/mol. The highest BCUT2D eigenvalue weighted by atomic mass is 35.5. The van der Waals surface area contributed by atoms with Crippen molar-refractivity contribution in [3.8, 4) is 0 Å². The van der Waals surface area contributed by atoms with Crippen LogP contribution in [0.1, 0.15) is 12.8 Å². The first kappa shape index (κ1) is 12.1. The Kier molecular flexibility index (Phi) is 4.68. The molecule has 15 heavy (non-hydrogen) atoms. The van der Waals surface area contributed by atoms with Gasteiger partial charge in [-0.1, -0.05) is 0 Å². The fraction of sp³-hybridized carbons (Fsp3) is 0.778. The molecule has 1 rings (SSSR count). The molecule has 1 saturated heterocycles. The maximum atomic E-state index is 11.5. The molecule has 1 fully saturated rings. The molecule has 6 heteroatoms. The van der Waals surface area contributed by atoms with Crippen molar-refractivity contribution in [2.75, 3.05) is 25.5 Å². The van der Waals surface area contributed by atoms with E-state index in [2.05, 4.69) is 5.32 Å². The standard InChI is InChI=1S/C9H15ClN2O3/c10-3-4-11-9(15)12-5-1-2-7(6-12)8(13)14/h7H,1-6H2,(H,11,15)(H,13,14). The van der Waals surface area contributed by atoms with Gasteiger partial charge in [0.2, 0.25) is 0 Å². The van der Waals surface area contributed by atoms with Crippen molar-refractivity contribution in [3.63, 3.8) is 0 Å². The lowest BCUT2D eigenvalue weighted by atomic mass is 9.99. The fourth-order valence-corrected chi connectivity index (χ4v) is 1.72. The van der Waals surface area contributed by atoms with Crippen molar-refractivity contribution >= 4 is 23.6 Å². The smallest absolute Gasteiger partial charge is 0.317 e. The van der Waals surface area contributed by atoms with Crippen molar-refractivity contribution in [2.24, 2.45) is 5.92 Å². The summed E-state index contributed by atoms with van der Waals surface area (Å²) in [6.45, 7) is 1.33. The van der Waals surface area contributed by atoms with Gasteiger partial charge in [0.1, 0.15) is 0 Å². The Morgan fingerprint density at radius 2 is 2.27 bits per heavy atom. The summed E-state index contributed by atoms with van der Waals surface area (Å²) in [5.74, 6) is -0.896. The molecule has 2 N–H and O–H groups in total. The maximum Gasteiger partial charge on any atom is 0.317 e. The van der Waals surface area contributed by atoms with Crippen molar-refractivity contribution in [3.05, 3.63) is 0 Å². The van der Waals surface area contributed by atoms with Gasteiger partial charge >= 0.3 is 12.0 Å². The van der Waals surface area contributed by atoms with E-state index in [1.807, 2.05) is 0 Å². The number of hydrogen-bond acceptors (Lipinski definition) is 2. The summed E-state index contributed by atoms with van der Waals surface area (Å²) >= 11 is 5.44. The predicted octanol–water partition coefficient (Wildman–Crippen LogP) is 0.731. The third-order valence-corrected chi connectivity index (χ3v) is 2.62. The number of nitrogens with one attached hydrogen (secondary N) is 1. The van der Waals surface area contributed by atoms with Crippen molar-refractivity contribution in [2.45, 2.75) is 12.8 Å². The zero-order valence-corrected chi connectivity index (χ0v) is 9.16. The van der Waals surface area contributed by atoms with Gasteiger partial charge in [-0.3, -0.25) is 4.79 Å². The molecular formula is C9H15ClN2O3. The summed E-state index contributed by atoms with van der Waals surface area (Å²) in [6, 6.07) is -0.221. The predicted molar refractivity (Wildman–Crippen MR) is 56.1 cm³/mol. The molecule has 0 saturated carbocycles. The van der Waals surface area contributed by atoms with Gasteiger partial charge in [-0.15, -0.1) is 11.6 Å². The van der Waals surface area contributed by atoms with E-state index in [-0.39, 0.29) is 6.03 Å². The van der Waals surface area contributed by atoms with Crippen LogP contribution in [0.15, 0.2) is 0 Å². The molecule has 1 unspecified atom stereocenters. The zero-order valence-electron chi connectivity index (χ0n) is 8.41. The minimum atomic E-state index is -0.829. The number of likely N-dealkylation sites (tertiary alicyclic amines) is 1. The van der Waals surface area contributed by atoms with Gasteiger partial charge in [-0.25, -0.2) is 4.79 Å². The van der Waals surface area contributed by atoms with Gasteiger partial charge in [0.25, 0.3) is 0 Å². The van der Waals surface area contributed by atoms with Crippen LogP contribution in [0.25, 0.3) is 0 Å². The number of aliphatic carboxylic acids is 1. The van der Waals surface area contributed by atoms with Gasteiger partial charge in [0, 0.05) is 25.5 Å². The lowest BCUT2D eigenvalue weighted by Gasteiger charge is -2.30. The SMILES string of the molecule is O=C(O)C1CCCN(C(=O)NCCCl)C1. The van der Waals surface area contributed by atoms with Crippen LogP contribution in [0.2, 0.25) is 0 Å². The number of carboxylic acid groups (broad SMARTS) is 1. The highest BCUT2D eigenvalue weighted by molar-refractivity contribution is 6.18. The number of rotatable bonds is 3. The second-order valence-corrected chi connectivity index (χ2v) is 3.92. The first-order valence-electron chi connectivity index (χ1n) is 4.96. The topological polar surface area (TPSA) is 69.6 Å². The molecule has 1 aliphatic heterocycles. The Balaban J connectivity index is 2.41. The third kappa shape index (κ3) is 3.58. The number of carboxylic acids is 1. The van der Waals surface area contributed by atoms with Crippen LogP contribution in [0.5, 0.6) is 0 Å². The van der Waals surface area contributed by atoms with E-state index in [0.717, 1.165) is 6.42 Å². The molecule has 5 nitrogen and oxygen atoms in total. The number of halogens is 1. The number of hydrogen-bond donors (Lipinski definition) is 2. The number of alkyl halides is 1. The number of carbonyl (C=O) groups excluding carboxylic acids is 1. The average Bonchev–Trinajstić information content (AvgIpc) is 2.26. The number of amides is 2. The van der Waals surface area contributed by atoms with E-state index in [1.165, 1.54) is 4.90 Å². The molecule has 1 heterocycles. The van der Waals surface area contributed by atoms with Crippen molar-refractivity contribution in [1.29, 1.82) is 0 Å². The minimum Gasteiger partial charge on any atom is -0.481 e. The Morgan fingerprint density at radius 3 is 2.87 bits per heavy atom. The van der Waals surface area contributed by atoms with Gasteiger partial charge in [-0.2, -0.15) is 0 Å². The molecule has 1 aliphatic rings. The van der Waals surface area contributed by atoms with Crippen molar-refractivity contribution in [1.82, 2.24) is 10.2 Å². The van der Waals surface area contributed by atoms with E-state index >= 15 is 0 Å². The Bertz CT molecular complexity index is 248. The summed E-state index contributed by atoms with van der Waals surface area (Å²) in [6.07, 6.45) is 1.39. The lowest BCUT2D eigenvalue weighted by Crippen LogP contribution is -2.47. The number of carbonyl (C=O) groups is 2.